The van der Waals surface area contributed by atoms with Crippen LogP contribution in [0.1, 0.15) is 13.3 Å². The second-order valence-electron chi connectivity index (χ2n) is 2.39. The molecule has 0 amide bonds. The minimum absolute atomic E-state index is 0.0659. The van der Waals surface area contributed by atoms with Gasteiger partial charge in [0.05, 0.1) is 25.9 Å². The predicted molar refractivity (Wildman–Crippen MR) is 42.0 cm³/mol. The fourth-order valence-corrected chi connectivity index (χ4v) is 1.32. The molecule has 0 aromatic rings. The van der Waals surface area contributed by atoms with Crippen LogP contribution in [0.3, 0.4) is 0 Å². The van der Waals surface area contributed by atoms with Crippen LogP contribution in [0.4, 0.5) is 0 Å². The zero-order valence-corrected chi connectivity index (χ0v) is 8.05. The smallest absolute Gasteiger partial charge is 0.308 e. The van der Waals surface area contributed by atoms with Gasteiger partial charge in [-0.25, -0.2) is 0 Å². The second-order valence-corrected chi connectivity index (χ2v) is 3.99. The van der Waals surface area contributed by atoms with Crippen molar-refractivity contribution >= 4 is 16.1 Å². The van der Waals surface area contributed by atoms with Gasteiger partial charge in [-0.15, -0.1) is 0 Å². The van der Waals surface area contributed by atoms with Crippen molar-refractivity contribution in [1.82, 2.24) is 0 Å². The molecule has 0 aliphatic rings. The lowest BCUT2D eigenvalue weighted by molar-refractivity contribution is -0.142. The summed E-state index contributed by atoms with van der Waals surface area (Å²) in [7, 11) is -2.25. The molecule has 0 N–H and O–H groups in total. The van der Waals surface area contributed by atoms with Crippen LogP contribution in [-0.4, -0.2) is 33.9 Å². The van der Waals surface area contributed by atoms with E-state index in [0.717, 1.165) is 6.26 Å². The molecule has 0 rings (SSSR count). The van der Waals surface area contributed by atoms with Gasteiger partial charge in [0.2, 0.25) is 0 Å². The van der Waals surface area contributed by atoms with Crippen LogP contribution in [0, 0.1) is 0 Å². The molecule has 0 heterocycles. The van der Waals surface area contributed by atoms with Crippen LogP contribution in [0.15, 0.2) is 0 Å². The molecule has 0 fully saturated rings. The number of carbonyl (C=O) groups excluding carboxylic acids is 1. The third-order valence-corrected chi connectivity index (χ3v) is 1.70. The summed E-state index contributed by atoms with van der Waals surface area (Å²) in [5.74, 6) is -0.494. The first-order chi connectivity index (χ1) is 5.35. The van der Waals surface area contributed by atoms with Crippen LogP contribution < -0.4 is 0 Å². The Bertz CT molecular complexity index is 243. The van der Waals surface area contributed by atoms with Crippen molar-refractivity contribution in [1.29, 1.82) is 0 Å². The highest BCUT2D eigenvalue weighted by Crippen LogP contribution is 2.02. The second kappa shape index (κ2) is 4.42. The fourth-order valence-electron chi connectivity index (χ4n) is 0.650. The van der Waals surface area contributed by atoms with Gasteiger partial charge in [-0.05, 0) is 6.92 Å². The molecule has 0 aromatic heterocycles. The van der Waals surface area contributed by atoms with E-state index < -0.39 is 22.2 Å². The van der Waals surface area contributed by atoms with E-state index in [-0.39, 0.29) is 6.42 Å². The van der Waals surface area contributed by atoms with Crippen molar-refractivity contribution < 1.29 is 22.1 Å². The fraction of sp³-hybridized carbons (Fsp3) is 0.833. The van der Waals surface area contributed by atoms with E-state index in [2.05, 4.69) is 8.92 Å². The summed E-state index contributed by atoms with van der Waals surface area (Å²) < 4.78 is 29.9. The summed E-state index contributed by atoms with van der Waals surface area (Å²) >= 11 is 0. The summed E-state index contributed by atoms with van der Waals surface area (Å²) in [5.41, 5.74) is 0. The Kier molecular flexibility index (Phi) is 4.19. The molecular formula is C6H12O5S. The van der Waals surface area contributed by atoms with Crippen molar-refractivity contribution in [3.8, 4) is 0 Å². The molecular weight excluding hydrogens is 184 g/mol. The van der Waals surface area contributed by atoms with E-state index in [4.69, 9.17) is 0 Å². The van der Waals surface area contributed by atoms with E-state index in [1.54, 1.807) is 0 Å². The highest BCUT2D eigenvalue weighted by molar-refractivity contribution is 7.86. The zero-order chi connectivity index (χ0) is 9.78. The van der Waals surface area contributed by atoms with Crippen molar-refractivity contribution in [3.63, 3.8) is 0 Å². The van der Waals surface area contributed by atoms with E-state index in [1.807, 2.05) is 0 Å². The lowest BCUT2D eigenvalue weighted by Gasteiger charge is -2.08. The van der Waals surface area contributed by atoms with Gasteiger partial charge in [-0.2, -0.15) is 8.42 Å². The summed E-state index contributed by atoms with van der Waals surface area (Å²) in [6, 6.07) is 0. The lowest BCUT2D eigenvalue weighted by atomic mass is 10.3. The van der Waals surface area contributed by atoms with Crippen LogP contribution in [0.5, 0.6) is 0 Å². The monoisotopic (exact) mass is 196 g/mol. The largest absolute Gasteiger partial charge is 0.469 e. The molecule has 72 valence electrons. The van der Waals surface area contributed by atoms with Gasteiger partial charge in [-0.3, -0.25) is 8.98 Å². The van der Waals surface area contributed by atoms with Crippen molar-refractivity contribution in [2.24, 2.45) is 0 Å². The summed E-state index contributed by atoms with van der Waals surface area (Å²) in [5, 5.41) is 0. The first-order valence-corrected chi connectivity index (χ1v) is 5.12. The van der Waals surface area contributed by atoms with Gasteiger partial charge in [0.1, 0.15) is 0 Å². The van der Waals surface area contributed by atoms with Gasteiger partial charge >= 0.3 is 5.97 Å². The molecule has 0 spiro atoms. The van der Waals surface area contributed by atoms with Gasteiger partial charge in [-0.1, -0.05) is 0 Å². The summed E-state index contributed by atoms with van der Waals surface area (Å²) in [6.07, 6.45) is 0.192. The first kappa shape index (κ1) is 11.4. The molecule has 5 nitrogen and oxygen atoms in total. The highest BCUT2D eigenvalue weighted by atomic mass is 32.2. The molecule has 0 saturated heterocycles. The molecule has 0 aromatic carbocycles. The van der Waals surface area contributed by atoms with Crippen molar-refractivity contribution in [2.45, 2.75) is 19.4 Å². The molecule has 0 aliphatic heterocycles. The number of methoxy groups -OCH3 is 1. The number of rotatable bonds is 4. The number of esters is 1. The highest BCUT2D eigenvalue weighted by Gasteiger charge is 2.14. The SMILES string of the molecule is COC(=O)CC(C)OS(C)(=O)=O. The molecule has 0 saturated carbocycles. The Morgan fingerprint density at radius 3 is 2.33 bits per heavy atom. The summed E-state index contributed by atoms with van der Waals surface area (Å²) in [4.78, 5) is 10.6. The molecule has 1 unspecified atom stereocenters. The Balaban J connectivity index is 3.91. The van der Waals surface area contributed by atoms with Gasteiger partial charge in [0.25, 0.3) is 10.1 Å². The standard InChI is InChI=1S/C6H12O5S/c1-5(4-6(7)10-2)11-12(3,8)9/h5H,4H2,1-3H3. The maximum absolute atomic E-state index is 10.6. The van der Waals surface area contributed by atoms with E-state index in [1.165, 1.54) is 14.0 Å². The summed E-state index contributed by atoms with van der Waals surface area (Å²) in [6.45, 7) is 1.48. The van der Waals surface area contributed by atoms with Gasteiger partial charge in [0.15, 0.2) is 0 Å². The van der Waals surface area contributed by atoms with Crippen LogP contribution in [0.25, 0.3) is 0 Å². The Morgan fingerprint density at radius 2 is 2.00 bits per heavy atom. The molecule has 0 bridgehead atoms. The first-order valence-electron chi connectivity index (χ1n) is 3.30. The van der Waals surface area contributed by atoms with Crippen LogP contribution in [0.2, 0.25) is 0 Å². The molecule has 12 heavy (non-hydrogen) atoms. The topological polar surface area (TPSA) is 69.7 Å². The maximum atomic E-state index is 10.6. The Labute approximate surface area is 71.8 Å². The maximum Gasteiger partial charge on any atom is 0.308 e. The molecule has 0 aliphatic carbocycles. The number of ether oxygens (including phenoxy) is 1. The van der Waals surface area contributed by atoms with Crippen molar-refractivity contribution in [3.05, 3.63) is 0 Å². The van der Waals surface area contributed by atoms with Gasteiger partial charge < -0.3 is 4.74 Å². The van der Waals surface area contributed by atoms with E-state index in [0.29, 0.717) is 0 Å². The predicted octanol–water partition coefficient (Wildman–Crippen LogP) is -0.0858. The van der Waals surface area contributed by atoms with Crippen LogP contribution >= 0.6 is 0 Å². The minimum atomic E-state index is -3.48. The average molecular weight is 196 g/mol. The number of hydrogen-bond donors (Lipinski definition) is 0. The quantitative estimate of drug-likeness (QED) is 0.464. The number of carbonyl (C=O) groups is 1. The third-order valence-electron chi connectivity index (χ3n) is 1.02. The average Bonchev–Trinajstić information content (AvgIpc) is 1.82. The van der Waals surface area contributed by atoms with E-state index >= 15 is 0 Å². The van der Waals surface area contributed by atoms with Gasteiger partial charge in [0, 0.05) is 0 Å². The minimum Gasteiger partial charge on any atom is -0.469 e. The van der Waals surface area contributed by atoms with E-state index in [9.17, 15) is 13.2 Å². The molecule has 0 radical (unpaired) electrons. The Morgan fingerprint density at radius 1 is 1.50 bits per heavy atom. The normalized spacial score (nSPS) is 13.9. The Hall–Kier alpha value is -0.620. The number of hydrogen-bond acceptors (Lipinski definition) is 5. The zero-order valence-electron chi connectivity index (χ0n) is 7.23. The van der Waals surface area contributed by atoms with Crippen LogP contribution in [-0.2, 0) is 23.8 Å². The molecule has 6 heteroatoms. The third kappa shape index (κ3) is 6.11. The van der Waals surface area contributed by atoms with Crippen molar-refractivity contribution in [2.75, 3.05) is 13.4 Å². The lowest BCUT2D eigenvalue weighted by Crippen LogP contribution is -2.18. The molecule has 1 atom stereocenters.